The molecular formula is C52H58Cl2O2SiZr. The summed E-state index contributed by atoms with van der Waals surface area (Å²) in [4.78, 5) is 0. The first-order valence-electron chi connectivity index (χ1n) is 20.2. The predicted octanol–water partition coefficient (Wildman–Crippen LogP) is 15.5. The van der Waals surface area contributed by atoms with Gasteiger partial charge < -0.3 is 0 Å². The normalized spacial score (nSPS) is 15.3. The minimum absolute atomic E-state index is 0. The summed E-state index contributed by atoms with van der Waals surface area (Å²) in [7, 11) is 0. The molecule has 6 aromatic rings. The average Bonchev–Trinajstić information content (AvgIpc) is 3.85. The van der Waals surface area contributed by atoms with Crippen LogP contribution in [0.15, 0.2) is 69.5 Å². The Morgan fingerprint density at radius 2 is 0.793 bits per heavy atom. The molecule has 0 spiro atoms. The van der Waals surface area contributed by atoms with Gasteiger partial charge in [0, 0.05) is 0 Å². The van der Waals surface area contributed by atoms with Crippen LogP contribution in [0.5, 0.6) is 0 Å². The van der Waals surface area contributed by atoms with Crippen molar-refractivity contribution in [2.75, 3.05) is 0 Å². The van der Waals surface area contributed by atoms with Crippen LogP contribution in [-0.2, 0) is 20.4 Å². The Hall–Kier alpha value is -3.40. The number of fused-ring (bicyclic) bond motifs is 2. The van der Waals surface area contributed by atoms with E-state index in [9.17, 15) is 0 Å². The molecule has 2 aliphatic carbocycles. The van der Waals surface area contributed by atoms with Gasteiger partial charge in [0.25, 0.3) is 0 Å². The predicted molar refractivity (Wildman–Crippen MR) is 251 cm³/mol. The number of allylic oxidation sites excluding steroid dienone is 2. The first-order chi connectivity index (χ1) is 26.5. The number of benzene rings is 4. The number of hydrogen-bond donors (Lipinski definition) is 0. The summed E-state index contributed by atoms with van der Waals surface area (Å²) < 4.78 is 14.2. The molecule has 0 bridgehead atoms. The van der Waals surface area contributed by atoms with Crippen molar-refractivity contribution in [3.63, 3.8) is 0 Å². The van der Waals surface area contributed by atoms with Crippen LogP contribution in [-0.4, -0.2) is 5.43 Å². The largest absolute Gasteiger partial charge is 0.147 e. The summed E-state index contributed by atoms with van der Waals surface area (Å²) in [5, 5.41) is 0. The van der Waals surface area contributed by atoms with Gasteiger partial charge in [0.05, 0.1) is 0 Å². The van der Waals surface area contributed by atoms with Crippen LogP contribution in [0.3, 0.4) is 0 Å². The second kappa shape index (κ2) is 16.6. The molecule has 2 aromatic heterocycles. The summed E-state index contributed by atoms with van der Waals surface area (Å²) in [6.07, 6.45) is 5.12. The van der Waals surface area contributed by atoms with E-state index in [1.54, 1.807) is 0 Å². The SMILES string of the molecule is Cc1cc(C)cc(-c2c(C)c(C)cc3c2C=C(c2cc(C)c(C)o2)[CH]3[Zr]([CH]2C(c3cc(C)c(C)o3)=Cc3c2cc(C)c(C)c3-c2cc(C)cc(C)c2)=[Si](C)C)c1.Cl.Cl. The first-order valence-corrected chi connectivity index (χ1v) is 29.3. The van der Waals surface area contributed by atoms with Gasteiger partial charge in [0.15, 0.2) is 0 Å². The van der Waals surface area contributed by atoms with Gasteiger partial charge in [-0.1, -0.05) is 0 Å². The molecule has 2 heterocycles. The number of furan rings is 2. The molecule has 300 valence electrons. The van der Waals surface area contributed by atoms with E-state index >= 15 is 0 Å². The van der Waals surface area contributed by atoms with Crippen LogP contribution in [0, 0.1) is 83.1 Å². The maximum Gasteiger partial charge on any atom is -0.147 e. The molecule has 0 saturated carbocycles. The average molecular weight is 905 g/mol. The zero-order valence-electron chi connectivity index (χ0n) is 36.7. The molecule has 0 saturated heterocycles. The van der Waals surface area contributed by atoms with Crippen molar-refractivity contribution in [2.45, 2.75) is 103 Å². The standard InChI is InChI=1S/2C25H25O.C2H6Si.2ClH.Zr/c2*1-14-7-15(2)9-22(8-14)25-18(5)16(3)10-20-12-21(13-23(20)25)24-11-17(4)19(6)26-24;1-3-2;;;/h2*7-13H,1-6H3;1-2H3;2*1H;. The second-order valence-corrected chi connectivity index (χ2v) is 35.2. The molecule has 0 aliphatic heterocycles. The number of hydrogen-bond acceptors (Lipinski definition) is 2. The molecule has 0 amide bonds. The maximum absolute atomic E-state index is 6.77. The zero-order valence-corrected chi connectivity index (χ0v) is 41.8. The molecule has 2 nitrogen and oxygen atoms in total. The van der Waals surface area contributed by atoms with E-state index in [0.29, 0.717) is 7.25 Å². The molecule has 8 rings (SSSR count). The van der Waals surface area contributed by atoms with Gasteiger partial charge in [-0.2, -0.15) is 0 Å². The van der Waals surface area contributed by atoms with Crippen molar-refractivity contribution < 1.29 is 29.2 Å². The minimum atomic E-state index is -2.74. The fourth-order valence-corrected chi connectivity index (χ4v) is 29.5. The topological polar surface area (TPSA) is 26.3 Å². The Morgan fingerprint density at radius 3 is 1.09 bits per heavy atom. The first kappa shape index (κ1) is 44.2. The summed E-state index contributed by atoms with van der Waals surface area (Å²) in [5.41, 5.74) is 26.4. The Bertz CT molecular complexity index is 2490. The number of rotatable bonds is 6. The molecule has 58 heavy (non-hydrogen) atoms. The van der Waals surface area contributed by atoms with E-state index < -0.39 is 25.8 Å². The minimum Gasteiger partial charge on any atom is -0.147 e. The summed E-state index contributed by atoms with van der Waals surface area (Å²) in [6, 6.07) is 23.9. The molecular weight excluding hydrogens is 847 g/mol. The number of aryl methyl sites for hydroxylation is 10. The smallest absolute Gasteiger partial charge is 0.147 e. The molecule has 4 aromatic carbocycles. The van der Waals surface area contributed by atoms with Gasteiger partial charge in [0.1, 0.15) is 0 Å². The van der Waals surface area contributed by atoms with Gasteiger partial charge in [-0.3, -0.25) is 0 Å². The molecule has 0 radical (unpaired) electrons. The van der Waals surface area contributed by atoms with Gasteiger partial charge in [-0.25, -0.2) is 0 Å². The Balaban J connectivity index is 0.00000283. The monoisotopic (exact) mass is 902 g/mol. The summed E-state index contributed by atoms with van der Waals surface area (Å²) in [6.45, 7) is 32.1. The van der Waals surface area contributed by atoms with Crippen LogP contribution in [0.2, 0.25) is 13.1 Å². The Morgan fingerprint density at radius 1 is 0.448 bits per heavy atom. The maximum atomic E-state index is 6.77. The molecule has 0 N–H and O–H groups in total. The third-order valence-electron chi connectivity index (χ3n) is 12.8. The third-order valence-corrected chi connectivity index (χ3v) is 32.0. The Labute approximate surface area is 367 Å². The van der Waals surface area contributed by atoms with Gasteiger partial charge in [-0.15, -0.1) is 24.8 Å². The van der Waals surface area contributed by atoms with Crippen LogP contribution >= 0.6 is 24.8 Å². The van der Waals surface area contributed by atoms with Gasteiger partial charge >= 0.3 is 345 Å². The van der Waals surface area contributed by atoms with Gasteiger partial charge in [-0.05, 0) is 0 Å². The quantitative estimate of drug-likeness (QED) is 0.156. The number of halogens is 2. The molecule has 6 heteroatoms. The van der Waals surface area contributed by atoms with E-state index in [4.69, 9.17) is 8.83 Å². The van der Waals surface area contributed by atoms with Crippen molar-refractivity contribution in [1.29, 1.82) is 0 Å². The molecule has 0 fully saturated rings. The van der Waals surface area contributed by atoms with E-state index in [2.05, 4.69) is 169 Å². The van der Waals surface area contributed by atoms with Gasteiger partial charge in [0.2, 0.25) is 0 Å². The Kier molecular flexibility index (Phi) is 12.6. The molecule has 2 unspecified atom stereocenters. The summed E-state index contributed by atoms with van der Waals surface area (Å²) >= 11 is -2.74. The van der Waals surface area contributed by atoms with Crippen molar-refractivity contribution >= 4 is 53.5 Å². The zero-order chi connectivity index (χ0) is 40.1. The van der Waals surface area contributed by atoms with Crippen LogP contribution in [0.4, 0.5) is 0 Å². The van der Waals surface area contributed by atoms with Crippen molar-refractivity contribution in [3.05, 3.63) is 162 Å². The summed E-state index contributed by atoms with van der Waals surface area (Å²) in [5.74, 6) is 4.12. The van der Waals surface area contributed by atoms with Crippen LogP contribution < -0.4 is 0 Å². The van der Waals surface area contributed by atoms with Crippen molar-refractivity contribution in [2.24, 2.45) is 0 Å². The third kappa shape index (κ3) is 7.51. The fourth-order valence-electron chi connectivity index (χ4n) is 9.78. The van der Waals surface area contributed by atoms with E-state index in [1.165, 1.54) is 111 Å². The van der Waals surface area contributed by atoms with Crippen LogP contribution in [0.1, 0.15) is 108 Å². The second-order valence-electron chi connectivity index (χ2n) is 17.4. The van der Waals surface area contributed by atoms with E-state index in [-0.39, 0.29) is 24.8 Å². The van der Waals surface area contributed by atoms with Crippen LogP contribution in [0.25, 0.3) is 45.6 Å². The molecule has 2 aliphatic rings. The molecule has 2 atom stereocenters. The van der Waals surface area contributed by atoms with E-state index in [0.717, 1.165) is 23.0 Å². The van der Waals surface area contributed by atoms with Crippen molar-refractivity contribution in [3.8, 4) is 22.3 Å². The van der Waals surface area contributed by atoms with E-state index in [1.807, 2.05) is 0 Å². The fraction of sp³-hybridized carbons (Fsp3) is 0.308. The van der Waals surface area contributed by atoms with Crippen molar-refractivity contribution in [1.82, 2.24) is 0 Å².